The number of likely N-dealkylation sites (N-methyl/N-ethyl adjacent to an activating group) is 1. The van der Waals surface area contributed by atoms with Crippen LogP contribution in [0, 0.1) is 0 Å². The average Bonchev–Trinajstić information content (AvgIpc) is 2.38. The second kappa shape index (κ2) is 6.33. The van der Waals surface area contributed by atoms with Gasteiger partial charge in [-0.2, -0.15) is 0 Å². The van der Waals surface area contributed by atoms with Crippen molar-refractivity contribution >= 4 is 11.9 Å². The third kappa shape index (κ3) is 4.37. The Morgan fingerprint density at radius 1 is 1.26 bits per heavy atom. The lowest BCUT2D eigenvalue weighted by atomic mass is 10.00. The van der Waals surface area contributed by atoms with Crippen LogP contribution in [-0.4, -0.2) is 29.6 Å². The Balaban J connectivity index is 2.88. The molecule has 0 spiro atoms. The first-order valence-corrected chi connectivity index (χ1v) is 6.13. The molecule has 0 heterocycles. The van der Waals surface area contributed by atoms with E-state index in [9.17, 15) is 9.59 Å². The number of benzene rings is 1. The molecule has 1 aromatic rings. The molecule has 1 atom stereocenters. The highest BCUT2D eigenvalue weighted by atomic mass is 16.4. The van der Waals surface area contributed by atoms with Crippen LogP contribution in [0.3, 0.4) is 0 Å². The summed E-state index contributed by atoms with van der Waals surface area (Å²) in [7, 11) is 1.69. The molecule has 1 unspecified atom stereocenters. The molecule has 0 bridgehead atoms. The van der Waals surface area contributed by atoms with Crippen molar-refractivity contribution in [2.24, 2.45) is 0 Å². The van der Waals surface area contributed by atoms with Gasteiger partial charge in [0, 0.05) is 0 Å². The van der Waals surface area contributed by atoms with E-state index < -0.39 is 17.6 Å². The van der Waals surface area contributed by atoms with E-state index in [1.165, 1.54) is 0 Å². The van der Waals surface area contributed by atoms with Crippen LogP contribution >= 0.6 is 0 Å². The van der Waals surface area contributed by atoms with Gasteiger partial charge in [0.2, 0.25) is 5.91 Å². The van der Waals surface area contributed by atoms with Gasteiger partial charge in [-0.25, -0.2) is 0 Å². The van der Waals surface area contributed by atoms with Gasteiger partial charge in [0.05, 0.1) is 18.0 Å². The number of nitrogens with one attached hydrogen (secondary N) is 2. The zero-order valence-corrected chi connectivity index (χ0v) is 11.4. The number of carboxylic acid groups (broad SMARTS) is 1. The van der Waals surface area contributed by atoms with E-state index in [-0.39, 0.29) is 12.3 Å². The van der Waals surface area contributed by atoms with Gasteiger partial charge in [-0.15, -0.1) is 0 Å². The van der Waals surface area contributed by atoms with Crippen molar-refractivity contribution in [2.75, 3.05) is 7.05 Å². The molecule has 0 aliphatic rings. The van der Waals surface area contributed by atoms with Crippen molar-refractivity contribution < 1.29 is 14.7 Å². The van der Waals surface area contributed by atoms with Gasteiger partial charge < -0.3 is 15.7 Å². The van der Waals surface area contributed by atoms with E-state index in [1.807, 2.05) is 18.2 Å². The summed E-state index contributed by atoms with van der Waals surface area (Å²) < 4.78 is 0. The fourth-order valence-electron chi connectivity index (χ4n) is 1.56. The second-order valence-corrected chi connectivity index (χ2v) is 4.91. The van der Waals surface area contributed by atoms with Crippen LogP contribution in [-0.2, 0) is 9.59 Å². The first-order valence-electron chi connectivity index (χ1n) is 6.13. The summed E-state index contributed by atoms with van der Waals surface area (Å²) in [5.74, 6) is -1.18. The van der Waals surface area contributed by atoms with E-state index in [2.05, 4.69) is 10.6 Å². The van der Waals surface area contributed by atoms with Gasteiger partial charge in [0.1, 0.15) is 0 Å². The lowest BCUT2D eigenvalue weighted by molar-refractivity contribution is -0.138. The minimum atomic E-state index is -0.948. The van der Waals surface area contributed by atoms with Crippen molar-refractivity contribution in [2.45, 2.75) is 31.8 Å². The number of hydrogen-bond acceptors (Lipinski definition) is 3. The maximum atomic E-state index is 12.1. The number of hydrogen-bond donors (Lipinski definition) is 3. The Kier molecular flexibility index (Phi) is 5.06. The summed E-state index contributed by atoms with van der Waals surface area (Å²) in [5.41, 5.74) is 0.0380. The molecule has 1 aromatic carbocycles. The summed E-state index contributed by atoms with van der Waals surface area (Å²) in [6, 6.07) is 8.57. The molecular weight excluding hydrogens is 244 g/mol. The standard InChI is InChI=1S/C14H20N2O3/c1-14(2,15-3)13(19)16-11(9-12(17)18)10-7-5-4-6-8-10/h4-8,11,15H,9H2,1-3H3,(H,16,19)(H,17,18). The first-order chi connectivity index (χ1) is 8.86. The molecule has 5 heteroatoms. The molecule has 104 valence electrons. The summed E-state index contributed by atoms with van der Waals surface area (Å²) >= 11 is 0. The highest BCUT2D eigenvalue weighted by molar-refractivity contribution is 5.86. The third-order valence-electron chi connectivity index (χ3n) is 3.08. The molecule has 0 radical (unpaired) electrons. The van der Waals surface area contributed by atoms with Crippen LogP contribution in [0.25, 0.3) is 0 Å². The van der Waals surface area contributed by atoms with Crippen molar-refractivity contribution in [1.29, 1.82) is 0 Å². The molecule has 1 amide bonds. The SMILES string of the molecule is CNC(C)(C)C(=O)NC(CC(=O)O)c1ccccc1. The number of carbonyl (C=O) groups is 2. The fourth-order valence-corrected chi connectivity index (χ4v) is 1.56. The summed E-state index contributed by atoms with van der Waals surface area (Å²) in [6.45, 7) is 3.48. The van der Waals surface area contributed by atoms with Crippen LogP contribution in [0.15, 0.2) is 30.3 Å². The highest BCUT2D eigenvalue weighted by Gasteiger charge is 2.28. The Labute approximate surface area is 113 Å². The average molecular weight is 264 g/mol. The summed E-state index contributed by atoms with van der Waals surface area (Å²) in [4.78, 5) is 23.0. The molecule has 5 nitrogen and oxygen atoms in total. The predicted octanol–water partition coefficient (Wildman–Crippen LogP) is 1.32. The smallest absolute Gasteiger partial charge is 0.305 e. The van der Waals surface area contributed by atoms with Crippen molar-refractivity contribution in [3.8, 4) is 0 Å². The molecule has 0 aliphatic heterocycles. The Bertz CT molecular complexity index is 443. The zero-order chi connectivity index (χ0) is 14.5. The van der Waals surface area contributed by atoms with Gasteiger partial charge >= 0.3 is 5.97 Å². The number of amides is 1. The van der Waals surface area contributed by atoms with Crippen molar-refractivity contribution in [3.05, 3.63) is 35.9 Å². The summed E-state index contributed by atoms with van der Waals surface area (Å²) in [6.07, 6.45) is -0.143. The molecule has 1 rings (SSSR count). The number of carbonyl (C=O) groups excluding carboxylic acids is 1. The molecule has 0 aromatic heterocycles. The highest BCUT2D eigenvalue weighted by Crippen LogP contribution is 2.17. The molecule has 0 saturated heterocycles. The maximum Gasteiger partial charge on any atom is 0.305 e. The third-order valence-corrected chi connectivity index (χ3v) is 3.08. The normalized spacial score (nSPS) is 12.8. The van der Waals surface area contributed by atoms with Crippen LogP contribution in [0.1, 0.15) is 31.9 Å². The van der Waals surface area contributed by atoms with Crippen molar-refractivity contribution in [3.63, 3.8) is 0 Å². The molecule has 19 heavy (non-hydrogen) atoms. The quantitative estimate of drug-likeness (QED) is 0.724. The lowest BCUT2D eigenvalue weighted by Gasteiger charge is -2.26. The fraction of sp³-hybridized carbons (Fsp3) is 0.429. The number of aliphatic carboxylic acids is 1. The van der Waals surface area contributed by atoms with Crippen LogP contribution in [0.2, 0.25) is 0 Å². The van der Waals surface area contributed by atoms with E-state index >= 15 is 0 Å². The van der Waals surface area contributed by atoms with Gasteiger partial charge in [-0.3, -0.25) is 9.59 Å². The number of carboxylic acids is 1. The van der Waals surface area contributed by atoms with E-state index in [1.54, 1.807) is 33.0 Å². The molecule has 3 N–H and O–H groups in total. The largest absolute Gasteiger partial charge is 0.481 e. The monoisotopic (exact) mass is 264 g/mol. The Hall–Kier alpha value is -1.88. The van der Waals surface area contributed by atoms with Crippen LogP contribution < -0.4 is 10.6 Å². The molecule has 0 saturated carbocycles. The second-order valence-electron chi connectivity index (χ2n) is 4.91. The minimum absolute atomic E-state index is 0.143. The van der Waals surface area contributed by atoms with Gasteiger partial charge in [-0.05, 0) is 26.5 Å². The summed E-state index contributed by atoms with van der Waals surface area (Å²) in [5, 5.41) is 14.6. The van der Waals surface area contributed by atoms with E-state index in [0.29, 0.717) is 0 Å². The predicted molar refractivity (Wildman–Crippen MR) is 72.7 cm³/mol. The lowest BCUT2D eigenvalue weighted by Crippen LogP contribution is -2.52. The van der Waals surface area contributed by atoms with Gasteiger partial charge in [-0.1, -0.05) is 30.3 Å². The first kappa shape index (κ1) is 15.2. The molecule has 0 fully saturated rings. The van der Waals surface area contributed by atoms with Gasteiger partial charge in [0.15, 0.2) is 0 Å². The van der Waals surface area contributed by atoms with E-state index in [0.717, 1.165) is 5.56 Å². The Morgan fingerprint density at radius 2 is 1.84 bits per heavy atom. The van der Waals surface area contributed by atoms with Crippen molar-refractivity contribution in [1.82, 2.24) is 10.6 Å². The van der Waals surface area contributed by atoms with E-state index in [4.69, 9.17) is 5.11 Å². The zero-order valence-electron chi connectivity index (χ0n) is 11.4. The number of rotatable bonds is 6. The van der Waals surface area contributed by atoms with Crippen LogP contribution in [0.4, 0.5) is 0 Å². The molecular formula is C14H20N2O3. The van der Waals surface area contributed by atoms with Crippen LogP contribution in [0.5, 0.6) is 0 Å². The Morgan fingerprint density at radius 3 is 2.32 bits per heavy atom. The van der Waals surface area contributed by atoms with Gasteiger partial charge in [0.25, 0.3) is 0 Å². The minimum Gasteiger partial charge on any atom is -0.481 e. The maximum absolute atomic E-state index is 12.1. The molecule has 0 aliphatic carbocycles. The topological polar surface area (TPSA) is 78.4 Å².